The molecule has 0 spiro atoms. The topological polar surface area (TPSA) is 75.6 Å². The average Bonchev–Trinajstić information content (AvgIpc) is 2.36. The number of hydrogen-bond acceptors (Lipinski definition) is 4. The predicted molar refractivity (Wildman–Crippen MR) is 81.1 cm³/mol. The van der Waals surface area contributed by atoms with Crippen molar-refractivity contribution in [2.75, 3.05) is 6.61 Å². The normalized spacial score (nSPS) is 22.1. The van der Waals surface area contributed by atoms with E-state index >= 15 is 0 Å². The van der Waals surface area contributed by atoms with E-state index in [9.17, 15) is 13.5 Å². The standard InChI is InChI=1S/C13H17Cl2NO4S/c1-2-20-9-5-8(6-9)16-21(18,19)12-4-3-11(14)10(7-17)13(12)15/h3-4,8-9,16-17H,2,5-7H2,1H3. The number of ether oxygens (including phenoxy) is 1. The lowest BCUT2D eigenvalue weighted by Crippen LogP contribution is -2.47. The van der Waals surface area contributed by atoms with E-state index in [2.05, 4.69) is 4.72 Å². The summed E-state index contributed by atoms with van der Waals surface area (Å²) < 4.78 is 32.7. The van der Waals surface area contributed by atoms with Crippen molar-refractivity contribution < 1.29 is 18.3 Å². The molecule has 0 aliphatic heterocycles. The van der Waals surface area contributed by atoms with Crippen LogP contribution in [0, 0.1) is 0 Å². The molecule has 1 fully saturated rings. The van der Waals surface area contributed by atoms with Gasteiger partial charge in [0.25, 0.3) is 0 Å². The van der Waals surface area contributed by atoms with Crippen molar-refractivity contribution in [2.45, 2.75) is 43.4 Å². The Kier molecular flexibility index (Phi) is 5.51. The summed E-state index contributed by atoms with van der Waals surface area (Å²) in [6.45, 7) is 2.10. The fraction of sp³-hybridized carbons (Fsp3) is 0.538. The zero-order valence-electron chi connectivity index (χ0n) is 11.5. The lowest BCUT2D eigenvalue weighted by atomic mass is 9.90. The van der Waals surface area contributed by atoms with Crippen molar-refractivity contribution in [1.29, 1.82) is 0 Å². The van der Waals surface area contributed by atoms with Crippen LogP contribution in [0.1, 0.15) is 25.3 Å². The van der Waals surface area contributed by atoms with E-state index in [0.717, 1.165) is 0 Å². The lowest BCUT2D eigenvalue weighted by molar-refractivity contribution is -0.00475. The Bertz CT molecular complexity index is 615. The third kappa shape index (κ3) is 3.70. The Labute approximate surface area is 134 Å². The molecule has 0 aromatic heterocycles. The van der Waals surface area contributed by atoms with Gasteiger partial charge in [-0.1, -0.05) is 23.2 Å². The van der Waals surface area contributed by atoms with Crippen molar-refractivity contribution in [3.05, 3.63) is 27.7 Å². The summed E-state index contributed by atoms with van der Waals surface area (Å²) in [5.41, 5.74) is 0.210. The summed E-state index contributed by atoms with van der Waals surface area (Å²) >= 11 is 11.9. The van der Waals surface area contributed by atoms with Crippen LogP contribution >= 0.6 is 23.2 Å². The summed E-state index contributed by atoms with van der Waals surface area (Å²) in [7, 11) is -3.75. The van der Waals surface area contributed by atoms with E-state index in [-0.39, 0.29) is 32.7 Å². The van der Waals surface area contributed by atoms with Crippen molar-refractivity contribution in [3.63, 3.8) is 0 Å². The van der Waals surface area contributed by atoms with Crippen LogP contribution in [-0.4, -0.2) is 32.3 Å². The van der Waals surface area contributed by atoms with Gasteiger partial charge in [-0.15, -0.1) is 0 Å². The average molecular weight is 354 g/mol. The van der Waals surface area contributed by atoms with Crippen LogP contribution in [0.3, 0.4) is 0 Å². The molecule has 1 aliphatic rings. The molecule has 0 atom stereocenters. The van der Waals surface area contributed by atoms with E-state index in [1.165, 1.54) is 12.1 Å². The van der Waals surface area contributed by atoms with Gasteiger partial charge in [-0.2, -0.15) is 0 Å². The molecule has 0 saturated heterocycles. The van der Waals surface area contributed by atoms with E-state index in [1.807, 2.05) is 6.92 Å². The third-order valence-corrected chi connectivity index (χ3v) is 5.88. The highest BCUT2D eigenvalue weighted by Gasteiger charge is 2.34. The Balaban J connectivity index is 2.14. The summed E-state index contributed by atoms with van der Waals surface area (Å²) in [6, 6.07) is 2.60. The Morgan fingerprint density at radius 3 is 2.62 bits per heavy atom. The van der Waals surface area contributed by atoms with Crippen molar-refractivity contribution in [3.8, 4) is 0 Å². The highest BCUT2D eigenvalue weighted by molar-refractivity contribution is 7.89. The van der Waals surface area contributed by atoms with Gasteiger partial charge in [0, 0.05) is 23.2 Å². The maximum atomic E-state index is 12.3. The first-order chi connectivity index (χ1) is 9.89. The quantitative estimate of drug-likeness (QED) is 0.822. The fourth-order valence-electron chi connectivity index (χ4n) is 2.25. The van der Waals surface area contributed by atoms with Crippen molar-refractivity contribution >= 4 is 33.2 Å². The molecular formula is C13H17Cl2NO4S. The smallest absolute Gasteiger partial charge is 0.242 e. The maximum Gasteiger partial charge on any atom is 0.242 e. The van der Waals surface area contributed by atoms with Gasteiger partial charge in [0.2, 0.25) is 10.0 Å². The summed E-state index contributed by atoms with van der Waals surface area (Å²) in [5.74, 6) is 0. The molecule has 0 bridgehead atoms. The van der Waals surface area contributed by atoms with Crippen LogP contribution in [0.5, 0.6) is 0 Å². The number of aliphatic hydroxyl groups excluding tert-OH is 1. The van der Waals surface area contributed by atoms with Gasteiger partial charge < -0.3 is 9.84 Å². The first kappa shape index (κ1) is 17.0. The number of sulfonamides is 1. The highest BCUT2D eigenvalue weighted by Crippen LogP contribution is 2.32. The molecule has 5 nitrogen and oxygen atoms in total. The van der Waals surface area contributed by atoms with E-state index in [1.54, 1.807) is 0 Å². The largest absolute Gasteiger partial charge is 0.392 e. The van der Waals surface area contributed by atoms with Crippen LogP contribution in [0.2, 0.25) is 10.0 Å². The minimum atomic E-state index is -3.75. The van der Waals surface area contributed by atoms with Gasteiger partial charge in [-0.05, 0) is 31.9 Å². The SMILES string of the molecule is CCOC1CC(NS(=O)(=O)c2ccc(Cl)c(CO)c2Cl)C1. The minimum absolute atomic E-state index is 0.0434. The number of benzene rings is 1. The monoisotopic (exact) mass is 353 g/mol. The molecule has 1 aromatic rings. The molecule has 0 unspecified atom stereocenters. The molecule has 118 valence electrons. The molecule has 1 aliphatic carbocycles. The molecule has 1 saturated carbocycles. The van der Waals surface area contributed by atoms with Gasteiger partial charge >= 0.3 is 0 Å². The third-order valence-electron chi connectivity index (χ3n) is 3.42. The Hall–Kier alpha value is -0.370. The zero-order chi connectivity index (χ0) is 15.6. The second-order valence-corrected chi connectivity index (χ2v) is 7.33. The van der Waals surface area contributed by atoms with Gasteiger partial charge in [0.1, 0.15) is 4.90 Å². The summed E-state index contributed by atoms with van der Waals surface area (Å²) in [4.78, 5) is -0.0718. The minimum Gasteiger partial charge on any atom is -0.392 e. The second-order valence-electron chi connectivity index (χ2n) is 4.86. The molecule has 0 radical (unpaired) electrons. The van der Waals surface area contributed by atoms with Crippen LogP contribution < -0.4 is 4.72 Å². The molecule has 2 N–H and O–H groups in total. The number of halogens is 2. The lowest BCUT2D eigenvalue weighted by Gasteiger charge is -2.35. The van der Waals surface area contributed by atoms with Crippen LogP contribution in [-0.2, 0) is 21.4 Å². The number of nitrogens with one attached hydrogen (secondary N) is 1. The van der Waals surface area contributed by atoms with Crippen LogP contribution in [0.15, 0.2) is 17.0 Å². The molecule has 0 amide bonds. The van der Waals surface area contributed by atoms with Gasteiger partial charge in [0.15, 0.2) is 0 Å². The van der Waals surface area contributed by atoms with Crippen LogP contribution in [0.25, 0.3) is 0 Å². The molecule has 1 aromatic carbocycles. The highest BCUT2D eigenvalue weighted by atomic mass is 35.5. The maximum absolute atomic E-state index is 12.3. The first-order valence-corrected chi connectivity index (χ1v) is 8.84. The zero-order valence-corrected chi connectivity index (χ0v) is 13.8. The van der Waals surface area contributed by atoms with E-state index in [4.69, 9.17) is 27.9 Å². The number of aliphatic hydroxyl groups is 1. The molecule has 21 heavy (non-hydrogen) atoms. The molecule has 2 rings (SSSR count). The molecular weight excluding hydrogens is 337 g/mol. The van der Waals surface area contributed by atoms with E-state index < -0.39 is 16.6 Å². The Morgan fingerprint density at radius 1 is 1.38 bits per heavy atom. The van der Waals surface area contributed by atoms with Gasteiger partial charge in [-0.3, -0.25) is 0 Å². The van der Waals surface area contributed by atoms with Crippen molar-refractivity contribution in [1.82, 2.24) is 4.72 Å². The van der Waals surface area contributed by atoms with E-state index in [0.29, 0.717) is 19.4 Å². The fourth-order valence-corrected chi connectivity index (χ4v) is 4.40. The summed E-state index contributed by atoms with van der Waals surface area (Å²) in [5, 5.41) is 9.42. The number of rotatable bonds is 6. The predicted octanol–water partition coefficient (Wildman–Crippen LogP) is 2.33. The Morgan fingerprint density at radius 2 is 2.05 bits per heavy atom. The van der Waals surface area contributed by atoms with Gasteiger partial charge in [0.05, 0.1) is 17.7 Å². The second kappa shape index (κ2) is 6.81. The summed E-state index contributed by atoms with van der Waals surface area (Å²) in [6.07, 6.45) is 1.40. The molecule has 0 heterocycles. The first-order valence-electron chi connectivity index (χ1n) is 6.60. The van der Waals surface area contributed by atoms with Gasteiger partial charge in [-0.25, -0.2) is 13.1 Å². The van der Waals surface area contributed by atoms with Crippen molar-refractivity contribution in [2.24, 2.45) is 0 Å². The number of hydrogen-bond donors (Lipinski definition) is 2. The van der Waals surface area contributed by atoms with Crippen LogP contribution in [0.4, 0.5) is 0 Å². The molecule has 8 heteroatoms.